The van der Waals surface area contributed by atoms with Gasteiger partial charge in [0.25, 0.3) is 0 Å². The van der Waals surface area contributed by atoms with E-state index < -0.39 is 0 Å². The predicted molar refractivity (Wildman–Crippen MR) is 88.5 cm³/mol. The summed E-state index contributed by atoms with van der Waals surface area (Å²) in [5.41, 5.74) is 7.83. The van der Waals surface area contributed by atoms with Crippen LogP contribution in [0.2, 0.25) is 0 Å². The first kappa shape index (κ1) is 13.2. The van der Waals surface area contributed by atoms with Gasteiger partial charge in [-0.25, -0.2) is 0 Å². The standard InChI is InChI=1S/C19H17NO2/c1-2-16-17-5-3-4-14-10-13(11-21)19(20(14)17)18(16)12-6-8-15(22)9-7-12/h3-10,21-22H,2,11H2,1H3. The smallest absolute Gasteiger partial charge is 0.115 e. The van der Waals surface area contributed by atoms with Crippen LogP contribution in [-0.4, -0.2) is 14.6 Å². The fraction of sp³-hybridized carbons (Fsp3) is 0.158. The number of pyridine rings is 1. The van der Waals surface area contributed by atoms with E-state index in [-0.39, 0.29) is 12.4 Å². The van der Waals surface area contributed by atoms with E-state index in [9.17, 15) is 10.2 Å². The molecule has 3 heterocycles. The summed E-state index contributed by atoms with van der Waals surface area (Å²) in [5.74, 6) is 0.264. The van der Waals surface area contributed by atoms with Crippen molar-refractivity contribution in [2.24, 2.45) is 0 Å². The SMILES string of the molecule is CCc1c(-c2ccc(O)cc2)c2c(CO)cc3cccc1n32. The van der Waals surface area contributed by atoms with Crippen LogP contribution in [0.1, 0.15) is 18.1 Å². The van der Waals surface area contributed by atoms with Gasteiger partial charge < -0.3 is 14.6 Å². The fourth-order valence-corrected chi connectivity index (χ4v) is 3.48. The molecule has 22 heavy (non-hydrogen) atoms. The zero-order valence-electron chi connectivity index (χ0n) is 12.4. The van der Waals surface area contributed by atoms with E-state index in [1.165, 1.54) is 11.1 Å². The van der Waals surface area contributed by atoms with E-state index in [1.807, 2.05) is 18.2 Å². The van der Waals surface area contributed by atoms with Crippen molar-refractivity contribution in [3.05, 3.63) is 59.7 Å². The van der Waals surface area contributed by atoms with Crippen molar-refractivity contribution in [1.82, 2.24) is 4.40 Å². The Morgan fingerprint density at radius 3 is 2.50 bits per heavy atom. The van der Waals surface area contributed by atoms with Crippen molar-refractivity contribution in [2.45, 2.75) is 20.0 Å². The van der Waals surface area contributed by atoms with Crippen LogP contribution in [0.3, 0.4) is 0 Å². The maximum absolute atomic E-state index is 9.77. The minimum atomic E-state index is 0.0228. The second-order valence-electron chi connectivity index (χ2n) is 5.60. The zero-order chi connectivity index (χ0) is 15.3. The summed E-state index contributed by atoms with van der Waals surface area (Å²) in [4.78, 5) is 0. The maximum Gasteiger partial charge on any atom is 0.115 e. The fourth-order valence-electron chi connectivity index (χ4n) is 3.48. The van der Waals surface area contributed by atoms with E-state index in [0.29, 0.717) is 0 Å². The first-order valence-corrected chi connectivity index (χ1v) is 7.52. The first-order valence-electron chi connectivity index (χ1n) is 7.52. The molecule has 0 radical (unpaired) electrons. The lowest BCUT2D eigenvalue weighted by atomic mass is 9.98. The largest absolute Gasteiger partial charge is 0.508 e. The lowest BCUT2D eigenvalue weighted by Crippen LogP contribution is -1.86. The molecular formula is C19H17NO2. The molecule has 0 saturated heterocycles. The first-order chi connectivity index (χ1) is 10.7. The molecule has 3 heteroatoms. The molecule has 110 valence electrons. The number of phenolic OH excluding ortho intramolecular Hbond substituents is 1. The number of aryl methyl sites for hydroxylation is 1. The molecule has 4 aromatic rings. The average Bonchev–Trinajstić information content (AvgIpc) is 3.08. The number of nitrogens with zero attached hydrogens (tertiary/aromatic N) is 1. The lowest BCUT2D eigenvalue weighted by Gasteiger charge is -2.05. The highest BCUT2D eigenvalue weighted by molar-refractivity contribution is 5.97. The minimum Gasteiger partial charge on any atom is -0.508 e. The van der Waals surface area contributed by atoms with Crippen molar-refractivity contribution in [1.29, 1.82) is 0 Å². The number of benzene rings is 1. The van der Waals surface area contributed by atoms with Gasteiger partial charge in [0.1, 0.15) is 5.75 Å². The quantitative estimate of drug-likeness (QED) is 0.600. The summed E-state index contributed by atoms with van der Waals surface area (Å²) < 4.78 is 2.23. The zero-order valence-corrected chi connectivity index (χ0v) is 12.4. The second-order valence-corrected chi connectivity index (χ2v) is 5.60. The van der Waals surface area contributed by atoms with Crippen LogP contribution in [-0.2, 0) is 13.0 Å². The van der Waals surface area contributed by atoms with Crippen LogP contribution in [0.5, 0.6) is 5.75 Å². The van der Waals surface area contributed by atoms with E-state index in [1.54, 1.807) is 12.1 Å². The predicted octanol–water partition coefficient (Wildman–Crippen LogP) is 3.96. The number of aliphatic hydroxyl groups excluding tert-OH is 1. The highest BCUT2D eigenvalue weighted by atomic mass is 16.3. The molecule has 0 aliphatic carbocycles. The van der Waals surface area contributed by atoms with E-state index in [4.69, 9.17) is 0 Å². The van der Waals surface area contributed by atoms with Crippen molar-refractivity contribution in [2.75, 3.05) is 0 Å². The highest BCUT2D eigenvalue weighted by Gasteiger charge is 2.20. The molecule has 0 spiro atoms. The van der Waals surface area contributed by atoms with Gasteiger partial charge in [-0.05, 0) is 47.9 Å². The van der Waals surface area contributed by atoms with Gasteiger partial charge in [-0.2, -0.15) is 0 Å². The lowest BCUT2D eigenvalue weighted by molar-refractivity contribution is 0.283. The molecule has 0 bridgehead atoms. The number of phenols is 1. The Hall–Kier alpha value is -2.52. The Labute approximate surface area is 128 Å². The van der Waals surface area contributed by atoms with Crippen LogP contribution in [0.4, 0.5) is 0 Å². The van der Waals surface area contributed by atoms with Gasteiger partial charge in [0.2, 0.25) is 0 Å². The highest BCUT2D eigenvalue weighted by Crippen LogP contribution is 2.39. The Kier molecular flexibility index (Phi) is 2.84. The number of hydrogen-bond donors (Lipinski definition) is 2. The van der Waals surface area contributed by atoms with Gasteiger partial charge in [-0.15, -0.1) is 0 Å². The molecule has 0 atom stereocenters. The Morgan fingerprint density at radius 2 is 1.82 bits per heavy atom. The summed E-state index contributed by atoms with van der Waals surface area (Å²) in [5, 5.41) is 19.3. The number of rotatable bonds is 3. The molecule has 0 unspecified atom stereocenters. The van der Waals surface area contributed by atoms with Crippen LogP contribution < -0.4 is 0 Å². The van der Waals surface area contributed by atoms with Gasteiger partial charge in [0.15, 0.2) is 0 Å². The van der Waals surface area contributed by atoms with Gasteiger partial charge in [-0.3, -0.25) is 0 Å². The molecule has 0 aliphatic heterocycles. The van der Waals surface area contributed by atoms with Crippen LogP contribution >= 0.6 is 0 Å². The third-order valence-corrected chi connectivity index (χ3v) is 4.40. The molecule has 4 rings (SSSR count). The average molecular weight is 291 g/mol. The van der Waals surface area contributed by atoms with Gasteiger partial charge in [0.05, 0.1) is 17.6 Å². The van der Waals surface area contributed by atoms with Gasteiger partial charge >= 0.3 is 0 Å². The van der Waals surface area contributed by atoms with Crippen molar-refractivity contribution in [3.63, 3.8) is 0 Å². The van der Waals surface area contributed by atoms with Crippen LogP contribution in [0.25, 0.3) is 27.7 Å². The Bertz CT molecular complexity index is 951. The van der Waals surface area contributed by atoms with E-state index in [0.717, 1.165) is 34.1 Å². The van der Waals surface area contributed by atoms with Gasteiger partial charge in [-0.1, -0.05) is 25.1 Å². The van der Waals surface area contributed by atoms with Crippen molar-refractivity contribution >= 4 is 16.6 Å². The molecule has 3 aromatic heterocycles. The minimum absolute atomic E-state index is 0.0228. The van der Waals surface area contributed by atoms with Crippen LogP contribution in [0, 0.1) is 0 Å². The number of aromatic hydroxyl groups is 1. The van der Waals surface area contributed by atoms with Crippen molar-refractivity contribution < 1.29 is 10.2 Å². The summed E-state index contributed by atoms with van der Waals surface area (Å²) in [6, 6.07) is 15.6. The molecule has 0 fully saturated rings. The topological polar surface area (TPSA) is 44.9 Å². The molecule has 0 aliphatic rings. The normalized spacial score (nSPS) is 11.7. The summed E-state index contributed by atoms with van der Waals surface area (Å²) in [7, 11) is 0. The monoisotopic (exact) mass is 291 g/mol. The molecule has 0 amide bonds. The van der Waals surface area contributed by atoms with Gasteiger partial charge in [0, 0.05) is 16.6 Å². The second kappa shape index (κ2) is 4.75. The molecule has 1 aromatic carbocycles. The third-order valence-electron chi connectivity index (χ3n) is 4.40. The number of hydrogen-bond acceptors (Lipinski definition) is 2. The molecule has 3 nitrogen and oxygen atoms in total. The molecule has 2 N–H and O–H groups in total. The maximum atomic E-state index is 9.77. The third kappa shape index (κ3) is 1.66. The Morgan fingerprint density at radius 1 is 1.05 bits per heavy atom. The number of aliphatic hydroxyl groups is 1. The van der Waals surface area contributed by atoms with Crippen molar-refractivity contribution in [3.8, 4) is 16.9 Å². The molecule has 0 saturated carbocycles. The summed E-state index contributed by atoms with van der Waals surface area (Å²) in [6.07, 6.45) is 0.919. The summed E-state index contributed by atoms with van der Waals surface area (Å²) in [6.45, 7) is 2.18. The Balaban J connectivity index is 2.18. The van der Waals surface area contributed by atoms with E-state index >= 15 is 0 Å². The number of aromatic nitrogens is 1. The van der Waals surface area contributed by atoms with Crippen LogP contribution in [0.15, 0.2) is 48.5 Å². The summed E-state index contributed by atoms with van der Waals surface area (Å²) >= 11 is 0. The molecular weight excluding hydrogens is 274 g/mol. The van der Waals surface area contributed by atoms with E-state index in [2.05, 4.69) is 29.5 Å².